The zero-order valence-electron chi connectivity index (χ0n) is 13.1. The molecule has 1 aromatic heterocycles. The fourth-order valence-electron chi connectivity index (χ4n) is 2.36. The largest absolute Gasteiger partial charge is 0.378 e. The zero-order valence-corrected chi connectivity index (χ0v) is 13.9. The highest BCUT2D eigenvalue weighted by Crippen LogP contribution is 2.20. The van der Waals surface area contributed by atoms with Crippen LogP contribution in [-0.4, -0.2) is 51.8 Å². The maximum atomic E-state index is 5.64. The van der Waals surface area contributed by atoms with Gasteiger partial charge in [0.1, 0.15) is 0 Å². The number of thioether (sulfide) groups is 1. The van der Waals surface area contributed by atoms with Gasteiger partial charge in [0.15, 0.2) is 0 Å². The average Bonchev–Trinajstić information content (AvgIpc) is 3.11. The van der Waals surface area contributed by atoms with Crippen molar-refractivity contribution in [3.63, 3.8) is 0 Å². The maximum Gasteiger partial charge on any atom is 0.209 e. The first-order chi connectivity index (χ1) is 10.3. The second-order valence-electron chi connectivity index (χ2n) is 5.91. The van der Waals surface area contributed by atoms with Gasteiger partial charge >= 0.3 is 0 Å². The topological polar surface area (TPSA) is 64.9 Å². The molecule has 0 bridgehead atoms. The number of aromatic nitrogens is 4. The van der Waals surface area contributed by atoms with Gasteiger partial charge in [0, 0.05) is 18.9 Å². The van der Waals surface area contributed by atoms with Crippen LogP contribution in [0.25, 0.3) is 0 Å². The lowest BCUT2D eigenvalue weighted by molar-refractivity contribution is 0.104. The van der Waals surface area contributed by atoms with Gasteiger partial charge in [0.2, 0.25) is 5.16 Å². The van der Waals surface area contributed by atoms with E-state index in [1.54, 1.807) is 11.8 Å². The van der Waals surface area contributed by atoms with Crippen molar-refractivity contribution in [2.24, 2.45) is 5.92 Å². The summed E-state index contributed by atoms with van der Waals surface area (Å²) in [5.41, 5.74) is 0. The minimum Gasteiger partial charge on any atom is -0.378 e. The molecule has 1 atom stereocenters. The van der Waals surface area contributed by atoms with Crippen LogP contribution in [0.2, 0.25) is 0 Å². The molecule has 1 fully saturated rings. The molecule has 0 radical (unpaired) electrons. The minimum atomic E-state index is 0.488. The quantitative estimate of drug-likeness (QED) is 0.526. The number of nitrogens with zero attached hydrogens (tertiary/aromatic N) is 4. The van der Waals surface area contributed by atoms with E-state index in [0.717, 1.165) is 50.0 Å². The first-order valence-corrected chi connectivity index (χ1v) is 8.95. The minimum absolute atomic E-state index is 0.488. The summed E-state index contributed by atoms with van der Waals surface area (Å²) >= 11 is 1.74. The lowest BCUT2D eigenvalue weighted by atomic mass is 10.1. The predicted octanol–water partition coefficient (Wildman–Crippen LogP) is 1.97. The number of tetrazole rings is 1. The van der Waals surface area contributed by atoms with E-state index in [2.05, 4.69) is 34.7 Å². The summed E-state index contributed by atoms with van der Waals surface area (Å²) in [7, 11) is 0. The molecule has 0 aromatic carbocycles. The van der Waals surface area contributed by atoms with Crippen molar-refractivity contribution < 1.29 is 4.74 Å². The molecule has 7 heteroatoms. The molecule has 1 unspecified atom stereocenters. The molecule has 0 aliphatic carbocycles. The highest BCUT2D eigenvalue weighted by molar-refractivity contribution is 7.99. The Morgan fingerprint density at radius 3 is 3.14 bits per heavy atom. The lowest BCUT2D eigenvalue weighted by Gasteiger charge is -2.09. The SMILES string of the molecule is CC(C)CNCCn1nnnc1SCCCC1CCCO1. The van der Waals surface area contributed by atoms with Gasteiger partial charge in [-0.1, -0.05) is 25.6 Å². The molecule has 21 heavy (non-hydrogen) atoms. The van der Waals surface area contributed by atoms with E-state index in [1.807, 2.05) is 4.68 Å². The lowest BCUT2D eigenvalue weighted by Crippen LogP contribution is -2.24. The Morgan fingerprint density at radius 1 is 1.48 bits per heavy atom. The summed E-state index contributed by atoms with van der Waals surface area (Å²) in [5.74, 6) is 1.73. The molecular weight excluding hydrogens is 286 g/mol. The summed E-state index contributed by atoms with van der Waals surface area (Å²) in [6.45, 7) is 8.13. The van der Waals surface area contributed by atoms with Gasteiger partial charge in [-0.3, -0.25) is 0 Å². The van der Waals surface area contributed by atoms with Gasteiger partial charge in [-0.05, 0) is 48.6 Å². The normalized spacial score (nSPS) is 18.7. The van der Waals surface area contributed by atoms with Gasteiger partial charge in [-0.2, -0.15) is 0 Å². The Balaban J connectivity index is 1.60. The number of nitrogens with one attached hydrogen (secondary N) is 1. The van der Waals surface area contributed by atoms with Crippen LogP contribution in [0.3, 0.4) is 0 Å². The van der Waals surface area contributed by atoms with Gasteiger partial charge < -0.3 is 10.1 Å². The molecule has 2 rings (SSSR count). The smallest absolute Gasteiger partial charge is 0.209 e. The van der Waals surface area contributed by atoms with E-state index < -0.39 is 0 Å². The third-order valence-corrected chi connectivity index (χ3v) is 4.52. The fraction of sp³-hybridized carbons (Fsp3) is 0.929. The van der Waals surface area contributed by atoms with Crippen molar-refractivity contribution in [2.45, 2.75) is 57.3 Å². The van der Waals surface area contributed by atoms with Gasteiger partial charge in [-0.25, -0.2) is 4.68 Å². The van der Waals surface area contributed by atoms with Crippen LogP contribution < -0.4 is 5.32 Å². The Hall–Kier alpha value is -0.660. The van der Waals surface area contributed by atoms with Crippen LogP contribution in [0, 0.1) is 5.92 Å². The second kappa shape index (κ2) is 9.38. The van der Waals surface area contributed by atoms with E-state index in [4.69, 9.17) is 4.74 Å². The van der Waals surface area contributed by atoms with Crippen LogP contribution in [0.5, 0.6) is 0 Å². The van der Waals surface area contributed by atoms with Crippen LogP contribution in [0.15, 0.2) is 5.16 Å². The fourth-order valence-corrected chi connectivity index (χ4v) is 3.23. The molecule has 0 amide bonds. The molecule has 1 aliphatic heterocycles. The molecule has 1 saturated heterocycles. The summed E-state index contributed by atoms with van der Waals surface area (Å²) < 4.78 is 7.53. The zero-order chi connectivity index (χ0) is 14.9. The van der Waals surface area contributed by atoms with Crippen LogP contribution in [0.4, 0.5) is 0 Å². The van der Waals surface area contributed by atoms with E-state index in [9.17, 15) is 0 Å². The molecule has 1 aliphatic rings. The number of rotatable bonds is 10. The summed E-state index contributed by atoms with van der Waals surface area (Å²) in [5, 5.41) is 16.3. The molecule has 0 spiro atoms. The van der Waals surface area contributed by atoms with Gasteiger partial charge in [-0.15, -0.1) is 5.10 Å². The predicted molar refractivity (Wildman–Crippen MR) is 84.5 cm³/mol. The van der Waals surface area contributed by atoms with E-state index in [1.165, 1.54) is 12.8 Å². The van der Waals surface area contributed by atoms with Gasteiger partial charge in [0.25, 0.3) is 0 Å². The summed E-state index contributed by atoms with van der Waals surface area (Å²) in [4.78, 5) is 0. The summed E-state index contributed by atoms with van der Waals surface area (Å²) in [6.07, 6.45) is 5.25. The average molecular weight is 313 g/mol. The second-order valence-corrected chi connectivity index (χ2v) is 6.97. The number of hydrogen-bond donors (Lipinski definition) is 1. The number of ether oxygens (including phenoxy) is 1. The van der Waals surface area contributed by atoms with Crippen LogP contribution in [0.1, 0.15) is 39.5 Å². The first-order valence-electron chi connectivity index (χ1n) is 7.97. The monoisotopic (exact) mass is 313 g/mol. The van der Waals surface area contributed by atoms with Crippen LogP contribution >= 0.6 is 11.8 Å². The van der Waals surface area contributed by atoms with Crippen molar-refractivity contribution in [2.75, 3.05) is 25.4 Å². The van der Waals surface area contributed by atoms with Crippen LogP contribution in [-0.2, 0) is 11.3 Å². The van der Waals surface area contributed by atoms with Crippen molar-refractivity contribution >= 4 is 11.8 Å². The summed E-state index contributed by atoms with van der Waals surface area (Å²) in [6, 6.07) is 0. The third-order valence-electron chi connectivity index (χ3n) is 3.48. The van der Waals surface area contributed by atoms with Gasteiger partial charge in [0.05, 0.1) is 12.6 Å². The Morgan fingerprint density at radius 2 is 2.38 bits per heavy atom. The number of hydrogen-bond acceptors (Lipinski definition) is 6. The Kier molecular flexibility index (Phi) is 7.46. The Bertz CT molecular complexity index is 392. The first kappa shape index (κ1) is 16.7. The van der Waals surface area contributed by atoms with E-state index >= 15 is 0 Å². The highest BCUT2D eigenvalue weighted by atomic mass is 32.2. The Labute approximate surface area is 131 Å². The maximum absolute atomic E-state index is 5.64. The van der Waals surface area contributed by atoms with Crippen molar-refractivity contribution in [3.05, 3.63) is 0 Å². The molecule has 1 N–H and O–H groups in total. The van der Waals surface area contributed by atoms with Crippen molar-refractivity contribution in [1.82, 2.24) is 25.5 Å². The molecule has 120 valence electrons. The molecule has 2 heterocycles. The van der Waals surface area contributed by atoms with E-state index in [-0.39, 0.29) is 0 Å². The van der Waals surface area contributed by atoms with Crippen molar-refractivity contribution in [3.8, 4) is 0 Å². The molecule has 6 nitrogen and oxygen atoms in total. The molecule has 1 aromatic rings. The molecular formula is C14H27N5OS. The standard InChI is InChI=1S/C14H27N5OS/c1-12(2)11-15-7-8-19-14(16-17-18-19)21-10-4-6-13-5-3-9-20-13/h12-13,15H,3-11H2,1-2H3. The third kappa shape index (κ3) is 6.32. The molecule has 0 saturated carbocycles. The highest BCUT2D eigenvalue weighted by Gasteiger charge is 2.15. The van der Waals surface area contributed by atoms with Crippen molar-refractivity contribution in [1.29, 1.82) is 0 Å². The van der Waals surface area contributed by atoms with E-state index in [0.29, 0.717) is 12.0 Å².